The smallest absolute Gasteiger partial charge is 0.336 e. The molecule has 0 fully saturated rings. The first kappa shape index (κ1) is 18.6. The maximum Gasteiger partial charge on any atom is 0.336 e. The molecule has 0 unspecified atom stereocenters. The first-order chi connectivity index (χ1) is 13.9. The van der Waals surface area contributed by atoms with Crippen molar-refractivity contribution in [2.24, 2.45) is 0 Å². The third kappa shape index (κ3) is 3.31. The van der Waals surface area contributed by atoms with Gasteiger partial charge < -0.3 is 14.3 Å². The van der Waals surface area contributed by atoms with Crippen LogP contribution >= 0.6 is 0 Å². The molecule has 7 heteroatoms. The number of rotatable bonds is 3. The van der Waals surface area contributed by atoms with Crippen LogP contribution in [0.15, 0.2) is 56.6 Å². The van der Waals surface area contributed by atoms with Crippen LogP contribution in [0.2, 0.25) is 0 Å². The van der Waals surface area contributed by atoms with E-state index in [9.17, 15) is 14.4 Å². The minimum absolute atomic E-state index is 0.0239. The standard InChI is InChI=1S/C22H19N3O4/c1-4-25-11-17(20(27)16-7-5-13(3)23-21(16)25)22(28)24-14-6-8-15-12(2)9-19(26)29-18(15)10-14/h5-11H,4H2,1-3H3,(H,24,28). The highest BCUT2D eigenvalue weighted by atomic mass is 16.4. The number of aryl methyl sites for hydroxylation is 3. The summed E-state index contributed by atoms with van der Waals surface area (Å²) in [7, 11) is 0. The van der Waals surface area contributed by atoms with Crippen LogP contribution in [0.25, 0.3) is 22.0 Å². The molecule has 0 aliphatic heterocycles. The van der Waals surface area contributed by atoms with Crippen LogP contribution in [0, 0.1) is 13.8 Å². The summed E-state index contributed by atoms with van der Waals surface area (Å²) in [5, 5.41) is 3.90. The lowest BCUT2D eigenvalue weighted by Gasteiger charge is -2.12. The zero-order chi connectivity index (χ0) is 20.7. The molecule has 0 radical (unpaired) electrons. The number of benzene rings is 1. The van der Waals surface area contributed by atoms with Gasteiger partial charge in [-0.05, 0) is 50.6 Å². The Morgan fingerprint density at radius 1 is 1.10 bits per heavy atom. The van der Waals surface area contributed by atoms with Crippen LogP contribution in [0.3, 0.4) is 0 Å². The van der Waals surface area contributed by atoms with E-state index in [1.807, 2.05) is 20.8 Å². The number of amides is 1. The summed E-state index contributed by atoms with van der Waals surface area (Å²) in [6.07, 6.45) is 1.53. The third-order valence-electron chi connectivity index (χ3n) is 4.86. The minimum atomic E-state index is -0.533. The maximum atomic E-state index is 12.9. The SMILES string of the molecule is CCn1cc(C(=O)Nc2ccc3c(C)cc(=O)oc3c2)c(=O)c2ccc(C)nc21. The molecule has 0 aliphatic rings. The number of anilines is 1. The van der Waals surface area contributed by atoms with Crippen molar-refractivity contribution in [2.45, 2.75) is 27.3 Å². The minimum Gasteiger partial charge on any atom is -0.423 e. The van der Waals surface area contributed by atoms with Gasteiger partial charge in [0.25, 0.3) is 5.91 Å². The number of hydrogen-bond donors (Lipinski definition) is 1. The number of aromatic nitrogens is 2. The molecule has 4 aromatic rings. The molecule has 1 aromatic carbocycles. The summed E-state index contributed by atoms with van der Waals surface area (Å²) in [5.41, 5.74) is 2.13. The Morgan fingerprint density at radius 3 is 2.62 bits per heavy atom. The Kier molecular flexibility index (Phi) is 4.50. The van der Waals surface area contributed by atoms with Gasteiger partial charge in [-0.1, -0.05) is 0 Å². The van der Waals surface area contributed by atoms with Crippen molar-refractivity contribution in [1.29, 1.82) is 0 Å². The van der Waals surface area contributed by atoms with E-state index in [4.69, 9.17) is 4.42 Å². The highest BCUT2D eigenvalue weighted by molar-refractivity contribution is 6.06. The van der Waals surface area contributed by atoms with Crippen LogP contribution in [-0.4, -0.2) is 15.5 Å². The summed E-state index contributed by atoms with van der Waals surface area (Å²) in [5.74, 6) is -0.533. The molecular formula is C22H19N3O4. The number of nitrogens with zero attached hydrogens (tertiary/aromatic N) is 2. The summed E-state index contributed by atoms with van der Waals surface area (Å²) < 4.78 is 7.00. The maximum absolute atomic E-state index is 12.9. The molecule has 146 valence electrons. The number of nitrogens with one attached hydrogen (secondary N) is 1. The molecule has 0 aliphatic carbocycles. The molecule has 29 heavy (non-hydrogen) atoms. The highest BCUT2D eigenvalue weighted by Gasteiger charge is 2.16. The van der Waals surface area contributed by atoms with Crippen molar-refractivity contribution in [3.05, 3.63) is 80.1 Å². The lowest BCUT2D eigenvalue weighted by Crippen LogP contribution is -2.24. The third-order valence-corrected chi connectivity index (χ3v) is 4.86. The second-order valence-electron chi connectivity index (χ2n) is 6.90. The van der Waals surface area contributed by atoms with Gasteiger partial charge in [-0.25, -0.2) is 9.78 Å². The molecule has 3 aromatic heterocycles. The zero-order valence-corrected chi connectivity index (χ0v) is 16.3. The van der Waals surface area contributed by atoms with E-state index in [0.29, 0.717) is 28.8 Å². The lowest BCUT2D eigenvalue weighted by molar-refractivity contribution is 0.102. The van der Waals surface area contributed by atoms with E-state index in [1.165, 1.54) is 12.3 Å². The summed E-state index contributed by atoms with van der Waals surface area (Å²) in [4.78, 5) is 41.8. The van der Waals surface area contributed by atoms with Crippen molar-refractivity contribution >= 4 is 33.6 Å². The Balaban J connectivity index is 1.77. The zero-order valence-electron chi connectivity index (χ0n) is 16.3. The van der Waals surface area contributed by atoms with Gasteiger partial charge in [0.15, 0.2) is 0 Å². The lowest BCUT2D eigenvalue weighted by atomic mass is 10.1. The fourth-order valence-electron chi connectivity index (χ4n) is 3.36. The van der Waals surface area contributed by atoms with E-state index in [1.54, 1.807) is 34.9 Å². The van der Waals surface area contributed by atoms with Crippen molar-refractivity contribution < 1.29 is 9.21 Å². The van der Waals surface area contributed by atoms with Crippen LogP contribution in [0.4, 0.5) is 5.69 Å². The summed E-state index contributed by atoms with van der Waals surface area (Å²) in [6, 6.07) is 9.90. The van der Waals surface area contributed by atoms with Crippen molar-refractivity contribution in [1.82, 2.24) is 9.55 Å². The van der Waals surface area contributed by atoms with Gasteiger partial charge in [-0.3, -0.25) is 9.59 Å². The molecule has 3 heterocycles. The summed E-state index contributed by atoms with van der Waals surface area (Å²) in [6.45, 7) is 6.15. The van der Waals surface area contributed by atoms with Crippen LogP contribution in [0.1, 0.15) is 28.5 Å². The molecule has 1 N–H and O–H groups in total. The van der Waals surface area contributed by atoms with Crippen LogP contribution < -0.4 is 16.4 Å². The quantitative estimate of drug-likeness (QED) is 0.542. The Labute approximate surface area is 165 Å². The second-order valence-corrected chi connectivity index (χ2v) is 6.90. The van der Waals surface area contributed by atoms with E-state index >= 15 is 0 Å². The molecule has 0 atom stereocenters. The molecule has 0 spiro atoms. The van der Waals surface area contributed by atoms with E-state index in [2.05, 4.69) is 10.3 Å². The molecule has 0 saturated carbocycles. The predicted octanol–water partition coefficient (Wildman–Crippen LogP) is 3.39. The van der Waals surface area contributed by atoms with Crippen molar-refractivity contribution in [3.63, 3.8) is 0 Å². The number of carbonyl (C=O) groups is 1. The molecule has 0 saturated heterocycles. The van der Waals surface area contributed by atoms with Crippen LogP contribution in [0.5, 0.6) is 0 Å². The van der Waals surface area contributed by atoms with E-state index in [-0.39, 0.29) is 11.0 Å². The molecule has 7 nitrogen and oxygen atoms in total. The molecule has 0 bridgehead atoms. The second kappa shape index (κ2) is 7.01. The largest absolute Gasteiger partial charge is 0.423 e. The number of pyridine rings is 2. The highest BCUT2D eigenvalue weighted by Crippen LogP contribution is 2.21. The Bertz CT molecular complexity index is 1400. The molecule has 1 amide bonds. The van der Waals surface area contributed by atoms with Gasteiger partial charge in [0.05, 0.1) is 5.39 Å². The normalized spacial score (nSPS) is 11.1. The Morgan fingerprint density at radius 2 is 1.86 bits per heavy atom. The number of hydrogen-bond acceptors (Lipinski definition) is 5. The van der Waals surface area contributed by atoms with Crippen LogP contribution in [-0.2, 0) is 6.54 Å². The molecular weight excluding hydrogens is 370 g/mol. The Hall–Kier alpha value is -3.74. The first-order valence-electron chi connectivity index (χ1n) is 9.24. The van der Waals surface area contributed by atoms with Gasteiger partial charge in [0, 0.05) is 41.6 Å². The van der Waals surface area contributed by atoms with Gasteiger partial charge in [0.1, 0.15) is 16.8 Å². The van der Waals surface area contributed by atoms with Crippen molar-refractivity contribution in [2.75, 3.05) is 5.32 Å². The van der Waals surface area contributed by atoms with Gasteiger partial charge in [0.2, 0.25) is 5.43 Å². The van der Waals surface area contributed by atoms with Crippen molar-refractivity contribution in [3.8, 4) is 0 Å². The topological polar surface area (TPSA) is 94.2 Å². The average molecular weight is 389 g/mol. The average Bonchev–Trinajstić information content (AvgIpc) is 2.67. The fourth-order valence-corrected chi connectivity index (χ4v) is 3.36. The van der Waals surface area contributed by atoms with Gasteiger partial charge in [-0.15, -0.1) is 0 Å². The monoisotopic (exact) mass is 389 g/mol. The first-order valence-corrected chi connectivity index (χ1v) is 9.24. The number of fused-ring (bicyclic) bond motifs is 2. The molecule has 4 rings (SSSR count). The fraction of sp³-hybridized carbons (Fsp3) is 0.182. The van der Waals surface area contributed by atoms with Gasteiger partial charge >= 0.3 is 5.63 Å². The van der Waals surface area contributed by atoms with E-state index < -0.39 is 11.5 Å². The summed E-state index contributed by atoms with van der Waals surface area (Å²) >= 11 is 0. The predicted molar refractivity (Wildman–Crippen MR) is 112 cm³/mol. The van der Waals surface area contributed by atoms with E-state index in [0.717, 1.165) is 16.6 Å². The van der Waals surface area contributed by atoms with Gasteiger partial charge in [-0.2, -0.15) is 0 Å². The number of carbonyl (C=O) groups excluding carboxylic acids is 1.